The molecule has 0 fully saturated rings. The highest BCUT2D eigenvalue weighted by Gasteiger charge is 2.16. The maximum atomic E-state index is 11.8. The molecule has 0 saturated carbocycles. The first-order chi connectivity index (χ1) is 9.93. The average Bonchev–Trinajstić information content (AvgIpc) is 2.46. The Kier molecular flexibility index (Phi) is 6.52. The van der Waals surface area contributed by atoms with Crippen molar-refractivity contribution < 1.29 is 19.4 Å². The fourth-order valence-corrected chi connectivity index (χ4v) is 1.75. The van der Waals surface area contributed by atoms with E-state index < -0.39 is 11.9 Å². The fraction of sp³-hybridized carbons (Fsp3) is 0.467. The number of carbonyl (C=O) groups is 2. The second-order valence-electron chi connectivity index (χ2n) is 4.86. The van der Waals surface area contributed by atoms with E-state index in [2.05, 4.69) is 5.32 Å². The molecule has 0 aromatic heterocycles. The summed E-state index contributed by atoms with van der Waals surface area (Å²) in [6, 6.07) is 7.16. The van der Waals surface area contributed by atoms with E-state index in [0.717, 1.165) is 11.3 Å². The molecule has 0 aliphatic rings. The van der Waals surface area contributed by atoms with Gasteiger partial charge in [-0.3, -0.25) is 4.79 Å². The highest BCUT2D eigenvalue weighted by atomic mass is 16.5. The van der Waals surface area contributed by atoms with Gasteiger partial charge in [-0.1, -0.05) is 19.1 Å². The molecule has 0 heterocycles. The minimum Gasteiger partial charge on any atom is -0.494 e. The van der Waals surface area contributed by atoms with Gasteiger partial charge in [0.05, 0.1) is 12.5 Å². The largest absolute Gasteiger partial charge is 0.494 e. The molecule has 0 radical (unpaired) electrons. The number of aliphatic carboxylic acids is 1. The molecule has 1 unspecified atom stereocenters. The molecule has 2 N–H and O–H groups in total. The zero-order valence-electron chi connectivity index (χ0n) is 12.6. The highest BCUT2D eigenvalue weighted by Crippen LogP contribution is 2.11. The molecular weight excluding hydrogens is 272 g/mol. The number of benzene rings is 1. The molecule has 2 amide bonds. The van der Waals surface area contributed by atoms with Crippen LogP contribution in [0.1, 0.15) is 19.4 Å². The van der Waals surface area contributed by atoms with Crippen molar-refractivity contribution in [3.8, 4) is 5.75 Å². The van der Waals surface area contributed by atoms with E-state index in [1.807, 2.05) is 31.2 Å². The van der Waals surface area contributed by atoms with E-state index in [-0.39, 0.29) is 12.6 Å². The molecule has 0 bridgehead atoms. The second-order valence-corrected chi connectivity index (χ2v) is 4.86. The summed E-state index contributed by atoms with van der Waals surface area (Å²) in [6.45, 7) is 4.66. The van der Waals surface area contributed by atoms with Gasteiger partial charge in [-0.15, -0.1) is 0 Å². The van der Waals surface area contributed by atoms with Gasteiger partial charge >= 0.3 is 12.0 Å². The van der Waals surface area contributed by atoms with Crippen LogP contribution in [0, 0.1) is 5.92 Å². The molecule has 6 nitrogen and oxygen atoms in total. The van der Waals surface area contributed by atoms with Crippen LogP contribution in [0.4, 0.5) is 4.79 Å². The lowest BCUT2D eigenvalue weighted by molar-refractivity contribution is -0.141. The summed E-state index contributed by atoms with van der Waals surface area (Å²) in [5.41, 5.74) is 0.950. The van der Waals surface area contributed by atoms with Gasteiger partial charge < -0.3 is 20.1 Å². The summed E-state index contributed by atoms with van der Waals surface area (Å²) in [7, 11) is 1.58. The predicted molar refractivity (Wildman–Crippen MR) is 79.3 cm³/mol. The number of ether oxygens (including phenoxy) is 1. The van der Waals surface area contributed by atoms with Crippen LogP contribution < -0.4 is 10.1 Å². The van der Waals surface area contributed by atoms with Crippen LogP contribution in [0.3, 0.4) is 0 Å². The van der Waals surface area contributed by atoms with Crippen LogP contribution in [0.15, 0.2) is 24.3 Å². The van der Waals surface area contributed by atoms with Gasteiger partial charge in [-0.2, -0.15) is 0 Å². The van der Waals surface area contributed by atoms with Crippen molar-refractivity contribution >= 4 is 12.0 Å². The SMILES string of the molecule is CCOc1ccc(CNC(=O)N(C)CC(C)C(=O)O)cc1. The number of rotatable bonds is 7. The van der Waals surface area contributed by atoms with E-state index in [9.17, 15) is 9.59 Å². The lowest BCUT2D eigenvalue weighted by Crippen LogP contribution is -2.40. The van der Waals surface area contributed by atoms with Gasteiger partial charge in [0.1, 0.15) is 5.75 Å². The first-order valence-electron chi connectivity index (χ1n) is 6.87. The molecule has 0 aliphatic heterocycles. The Labute approximate surface area is 124 Å². The number of hydrogen-bond donors (Lipinski definition) is 2. The van der Waals surface area contributed by atoms with Crippen molar-refractivity contribution in [2.24, 2.45) is 5.92 Å². The van der Waals surface area contributed by atoms with Gasteiger partial charge in [0.15, 0.2) is 0 Å². The third-order valence-corrected chi connectivity index (χ3v) is 2.99. The molecule has 1 aromatic carbocycles. The van der Waals surface area contributed by atoms with Gasteiger partial charge in [0.2, 0.25) is 0 Å². The Bertz CT molecular complexity index is 473. The lowest BCUT2D eigenvalue weighted by Gasteiger charge is -2.20. The molecule has 0 saturated heterocycles. The molecular formula is C15H22N2O4. The van der Waals surface area contributed by atoms with Gasteiger partial charge in [-0.05, 0) is 24.6 Å². The van der Waals surface area contributed by atoms with Crippen molar-refractivity contribution in [2.45, 2.75) is 20.4 Å². The Morgan fingerprint density at radius 3 is 2.48 bits per heavy atom. The van der Waals surface area contributed by atoms with E-state index in [1.54, 1.807) is 14.0 Å². The van der Waals surface area contributed by atoms with Crippen LogP contribution in [-0.4, -0.2) is 42.2 Å². The normalized spacial score (nSPS) is 11.6. The smallest absolute Gasteiger partial charge is 0.317 e. The van der Waals surface area contributed by atoms with Crippen LogP contribution in [0.2, 0.25) is 0 Å². The Balaban J connectivity index is 2.43. The van der Waals surface area contributed by atoms with Gasteiger partial charge in [0.25, 0.3) is 0 Å². The fourth-order valence-electron chi connectivity index (χ4n) is 1.75. The number of carboxylic acid groups (broad SMARTS) is 1. The van der Waals surface area contributed by atoms with Crippen molar-refractivity contribution in [1.82, 2.24) is 10.2 Å². The topological polar surface area (TPSA) is 78.9 Å². The van der Waals surface area contributed by atoms with E-state index >= 15 is 0 Å². The van der Waals surface area contributed by atoms with Crippen LogP contribution in [0.25, 0.3) is 0 Å². The number of carboxylic acids is 1. The summed E-state index contributed by atoms with van der Waals surface area (Å²) >= 11 is 0. The summed E-state index contributed by atoms with van der Waals surface area (Å²) in [5, 5.41) is 11.6. The number of carbonyl (C=O) groups excluding carboxylic acids is 1. The first kappa shape index (κ1) is 16.8. The Morgan fingerprint density at radius 2 is 1.95 bits per heavy atom. The Hall–Kier alpha value is -2.24. The van der Waals surface area contributed by atoms with E-state index in [0.29, 0.717) is 13.2 Å². The lowest BCUT2D eigenvalue weighted by atomic mass is 10.2. The van der Waals surface area contributed by atoms with E-state index in [1.165, 1.54) is 4.90 Å². The predicted octanol–water partition coefficient (Wildman–Crippen LogP) is 1.95. The number of nitrogens with zero attached hydrogens (tertiary/aromatic N) is 1. The van der Waals surface area contributed by atoms with Crippen molar-refractivity contribution in [3.05, 3.63) is 29.8 Å². The molecule has 6 heteroatoms. The highest BCUT2D eigenvalue weighted by molar-refractivity contribution is 5.75. The molecule has 1 aromatic rings. The summed E-state index contributed by atoms with van der Waals surface area (Å²) in [6.07, 6.45) is 0. The standard InChI is InChI=1S/C15H22N2O4/c1-4-21-13-7-5-12(6-8-13)9-16-15(20)17(3)10-11(2)14(18)19/h5-8,11H,4,9-10H2,1-3H3,(H,16,20)(H,18,19). The minimum absolute atomic E-state index is 0.171. The molecule has 1 atom stereocenters. The summed E-state index contributed by atoms with van der Waals surface area (Å²) in [5.74, 6) is -0.715. The molecule has 0 aliphatic carbocycles. The molecule has 21 heavy (non-hydrogen) atoms. The number of amides is 2. The van der Waals surface area contributed by atoms with Crippen molar-refractivity contribution in [3.63, 3.8) is 0 Å². The number of urea groups is 1. The van der Waals surface area contributed by atoms with Crippen LogP contribution >= 0.6 is 0 Å². The summed E-state index contributed by atoms with van der Waals surface area (Å²) in [4.78, 5) is 24.0. The van der Waals surface area contributed by atoms with Crippen molar-refractivity contribution in [1.29, 1.82) is 0 Å². The number of hydrogen-bond acceptors (Lipinski definition) is 3. The molecule has 1 rings (SSSR count). The van der Waals surface area contributed by atoms with Crippen molar-refractivity contribution in [2.75, 3.05) is 20.2 Å². The maximum absolute atomic E-state index is 11.8. The monoisotopic (exact) mass is 294 g/mol. The average molecular weight is 294 g/mol. The van der Waals surface area contributed by atoms with Gasteiger partial charge in [-0.25, -0.2) is 4.79 Å². The Morgan fingerprint density at radius 1 is 1.33 bits per heavy atom. The first-order valence-corrected chi connectivity index (χ1v) is 6.87. The second kappa shape index (κ2) is 8.14. The van der Waals surface area contributed by atoms with Gasteiger partial charge in [0, 0.05) is 20.1 Å². The van der Waals surface area contributed by atoms with Crippen LogP contribution in [0.5, 0.6) is 5.75 Å². The third kappa shape index (κ3) is 5.72. The summed E-state index contributed by atoms with van der Waals surface area (Å²) < 4.78 is 5.34. The minimum atomic E-state index is -0.916. The number of nitrogens with one attached hydrogen (secondary N) is 1. The third-order valence-electron chi connectivity index (χ3n) is 2.99. The molecule has 0 spiro atoms. The van der Waals surface area contributed by atoms with Crippen LogP contribution in [-0.2, 0) is 11.3 Å². The maximum Gasteiger partial charge on any atom is 0.317 e. The quantitative estimate of drug-likeness (QED) is 0.805. The molecule has 116 valence electrons. The zero-order valence-corrected chi connectivity index (χ0v) is 12.6. The zero-order chi connectivity index (χ0) is 15.8. The van der Waals surface area contributed by atoms with E-state index in [4.69, 9.17) is 9.84 Å².